The van der Waals surface area contributed by atoms with E-state index < -0.39 is 5.97 Å². The third-order valence-electron chi connectivity index (χ3n) is 1.64. The predicted octanol–water partition coefficient (Wildman–Crippen LogP) is 1.51. The SMILES string of the molecule is CCOC(=O)c1nnc(-c2ccoc2)o1. The molecule has 0 fully saturated rings. The Balaban J connectivity index is 2.21. The van der Waals surface area contributed by atoms with Gasteiger partial charge in [0.25, 0.3) is 5.89 Å². The highest BCUT2D eigenvalue weighted by molar-refractivity contribution is 5.84. The summed E-state index contributed by atoms with van der Waals surface area (Å²) in [6.07, 6.45) is 2.92. The largest absolute Gasteiger partial charge is 0.472 e. The van der Waals surface area contributed by atoms with Gasteiger partial charge in [0.1, 0.15) is 6.26 Å². The summed E-state index contributed by atoms with van der Waals surface area (Å²) in [6, 6.07) is 1.66. The topological polar surface area (TPSA) is 78.4 Å². The van der Waals surface area contributed by atoms with Crippen molar-refractivity contribution in [1.82, 2.24) is 10.2 Å². The Morgan fingerprint density at radius 3 is 3.07 bits per heavy atom. The molecule has 6 heteroatoms. The van der Waals surface area contributed by atoms with Crippen LogP contribution < -0.4 is 0 Å². The lowest BCUT2D eigenvalue weighted by atomic mass is 10.3. The van der Waals surface area contributed by atoms with Gasteiger partial charge in [-0.25, -0.2) is 4.79 Å². The molecule has 0 atom stereocenters. The molecule has 0 aliphatic heterocycles. The Kier molecular flexibility index (Phi) is 2.49. The van der Waals surface area contributed by atoms with Crippen LogP contribution in [-0.2, 0) is 4.74 Å². The lowest BCUT2D eigenvalue weighted by molar-refractivity contribution is 0.0481. The molecule has 0 N–H and O–H groups in total. The van der Waals surface area contributed by atoms with E-state index in [1.54, 1.807) is 13.0 Å². The number of hydrogen-bond donors (Lipinski definition) is 0. The van der Waals surface area contributed by atoms with Crippen LogP contribution in [0.4, 0.5) is 0 Å². The van der Waals surface area contributed by atoms with Crippen molar-refractivity contribution in [2.75, 3.05) is 6.61 Å². The highest BCUT2D eigenvalue weighted by atomic mass is 16.5. The number of ether oxygens (including phenoxy) is 1. The van der Waals surface area contributed by atoms with Gasteiger partial charge in [0.2, 0.25) is 0 Å². The monoisotopic (exact) mass is 208 g/mol. The van der Waals surface area contributed by atoms with Gasteiger partial charge in [0.05, 0.1) is 18.4 Å². The van der Waals surface area contributed by atoms with E-state index in [-0.39, 0.29) is 18.4 Å². The Hall–Kier alpha value is -2.11. The van der Waals surface area contributed by atoms with Crippen LogP contribution in [0, 0.1) is 0 Å². The molecule has 2 aromatic heterocycles. The van der Waals surface area contributed by atoms with Crippen molar-refractivity contribution in [3.63, 3.8) is 0 Å². The zero-order chi connectivity index (χ0) is 10.7. The van der Waals surface area contributed by atoms with E-state index in [2.05, 4.69) is 10.2 Å². The highest BCUT2D eigenvalue weighted by Gasteiger charge is 2.16. The summed E-state index contributed by atoms with van der Waals surface area (Å²) in [4.78, 5) is 11.2. The molecule has 2 rings (SSSR count). The van der Waals surface area contributed by atoms with E-state index >= 15 is 0 Å². The number of rotatable bonds is 3. The van der Waals surface area contributed by atoms with E-state index in [1.807, 2.05) is 0 Å². The van der Waals surface area contributed by atoms with E-state index in [0.29, 0.717) is 5.56 Å². The van der Waals surface area contributed by atoms with Crippen LogP contribution in [0.15, 0.2) is 27.4 Å². The van der Waals surface area contributed by atoms with Gasteiger partial charge in [-0.05, 0) is 13.0 Å². The van der Waals surface area contributed by atoms with Crippen molar-refractivity contribution in [3.8, 4) is 11.5 Å². The van der Waals surface area contributed by atoms with Gasteiger partial charge in [-0.1, -0.05) is 0 Å². The van der Waals surface area contributed by atoms with Crippen molar-refractivity contribution >= 4 is 5.97 Å². The molecule has 0 saturated heterocycles. The smallest absolute Gasteiger partial charge is 0.396 e. The Bertz CT molecular complexity index is 446. The number of carbonyl (C=O) groups excluding carboxylic acids is 1. The fourth-order valence-corrected chi connectivity index (χ4v) is 1.00. The van der Waals surface area contributed by atoms with Crippen LogP contribution in [0.3, 0.4) is 0 Å². The summed E-state index contributed by atoms with van der Waals surface area (Å²) in [5, 5.41) is 7.24. The average Bonchev–Trinajstić information content (AvgIpc) is 2.89. The van der Waals surface area contributed by atoms with Gasteiger partial charge >= 0.3 is 11.9 Å². The van der Waals surface area contributed by atoms with E-state index in [9.17, 15) is 4.79 Å². The second-order valence-corrected chi connectivity index (χ2v) is 2.64. The summed E-state index contributed by atoms with van der Waals surface area (Å²) >= 11 is 0. The normalized spacial score (nSPS) is 10.2. The van der Waals surface area contributed by atoms with Crippen molar-refractivity contribution in [1.29, 1.82) is 0 Å². The van der Waals surface area contributed by atoms with Crippen molar-refractivity contribution < 1.29 is 18.4 Å². The maximum atomic E-state index is 11.2. The van der Waals surface area contributed by atoms with Crippen molar-refractivity contribution in [3.05, 3.63) is 24.5 Å². The first-order chi connectivity index (χ1) is 7.31. The quantitative estimate of drug-likeness (QED) is 0.711. The van der Waals surface area contributed by atoms with Crippen molar-refractivity contribution in [2.45, 2.75) is 6.92 Å². The molecule has 15 heavy (non-hydrogen) atoms. The van der Waals surface area contributed by atoms with Crippen LogP contribution in [-0.4, -0.2) is 22.8 Å². The van der Waals surface area contributed by atoms with E-state index in [0.717, 1.165) is 0 Å². The molecule has 0 bridgehead atoms. The van der Waals surface area contributed by atoms with Gasteiger partial charge in [-0.2, -0.15) is 0 Å². The lowest BCUT2D eigenvalue weighted by Crippen LogP contribution is -2.04. The number of furan rings is 1. The summed E-state index contributed by atoms with van der Waals surface area (Å²) in [6.45, 7) is 1.97. The fraction of sp³-hybridized carbons (Fsp3) is 0.222. The molecule has 0 aliphatic carbocycles. The third-order valence-corrected chi connectivity index (χ3v) is 1.64. The molecule has 0 radical (unpaired) electrons. The fourth-order valence-electron chi connectivity index (χ4n) is 1.00. The van der Waals surface area contributed by atoms with Gasteiger partial charge < -0.3 is 13.6 Å². The minimum absolute atomic E-state index is 0.159. The third kappa shape index (κ3) is 1.88. The van der Waals surface area contributed by atoms with Crippen LogP contribution in [0.5, 0.6) is 0 Å². The Labute approximate surface area is 84.9 Å². The number of hydrogen-bond acceptors (Lipinski definition) is 6. The second-order valence-electron chi connectivity index (χ2n) is 2.64. The first kappa shape index (κ1) is 9.45. The molecule has 0 aromatic carbocycles. The minimum atomic E-state index is -0.625. The highest BCUT2D eigenvalue weighted by Crippen LogP contribution is 2.17. The number of carbonyl (C=O) groups is 1. The molecular formula is C9H8N2O4. The van der Waals surface area contributed by atoms with Crippen LogP contribution >= 0.6 is 0 Å². The molecule has 0 unspecified atom stereocenters. The Morgan fingerprint density at radius 1 is 1.53 bits per heavy atom. The van der Waals surface area contributed by atoms with Gasteiger partial charge in [-0.3, -0.25) is 0 Å². The molecule has 6 nitrogen and oxygen atoms in total. The van der Waals surface area contributed by atoms with Gasteiger partial charge in [-0.15, -0.1) is 10.2 Å². The van der Waals surface area contributed by atoms with Gasteiger partial charge in [0, 0.05) is 0 Å². The second kappa shape index (κ2) is 3.95. The maximum absolute atomic E-state index is 11.2. The molecule has 2 heterocycles. The van der Waals surface area contributed by atoms with Crippen molar-refractivity contribution in [2.24, 2.45) is 0 Å². The molecule has 0 spiro atoms. The molecule has 0 aliphatic rings. The summed E-state index contributed by atoms with van der Waals surface area (Å²) in [5.74, 6) is -0.556. The lowest BCUT2D eigenvalue weighted by Gasteiger charge is -1.93. The average molecular weight is 208 g/mol. The molecule has 78 valence electrons. The number of aromatic nitrogens is 2. The predicted molar refractivity (Wildman–Crippen MR) is 48.0 cm³/mol. The minimum Gasteiger partial charge on any atom is -0.472 e. The van der Waals surface area contributed by atoms with Crippen LogP contribution in [0.25, 0.3) is 11.5 Å². The molecule has 2 aromatic rings. The molecular weight excluding hydrogens is 200 g/mol. The van der Waals surface area contributed by atoms with Gasteiger partial charge in [0.15, 0.2) is 0 Å². The Morgan fingerprint density at radius 2 is 2.40 bits per heavy atom. The summed E-state index contributed by atoms with van der Waals surface area (Å²) in [5.41, 5.74) is 0.623. The first-order valence-electron chi connectivity index (χ1n) is 4.34. The van der Waals surface area contributed by atoms with Crippen LogP contribution in [0.1, 0.15) is 17.6 Å². The first-order valence-corrected chi connectivity index (χ1v) is 4.34. The zero-order valence-corrected chi connectivity index (χ0v) is 7.97. The number of esters is 1. The zero-order valence-electron chi connectivity index (χ0n) is 7.97. The molecule has 0 saturated carbocycles. The van der Waals surface area contributed by atoms with E-state index in [4.69, 9.17) is 13.6 Å². The standard InChI is InChI=1S/C9H8N2O4/c1-2-14-9(12)8-11-10-7(15-8)6-3-4-13-5-6/h3-5H,2H2,1H3. The van der Waals surface area contributed by atoms with E-state index in [1.165, 1.54) is 12.5 Å². The summed E-state index contributed by atoms with van der Waals surface area (Å²) < 4.78 is 14.6. The molecule has 0 amide bonds. The maximum Gasteiger partial charge on any atom is 0.396 e. The van der Waals surface area contributed by atoms with Crippen LogP contribution in [0.2, 0.25) is 0 Å². The number of nitrogens with zero attached hydrogens (tertiary/aromatic N) is 2. The summed E-state index contributed by atoms with van der Waals surface area (Å²) in [7, 11) is 0.